The van der Waals surface area contributed by atoms with Crippen LogP contribution in [0.25, 0.3) is 0 Å². The predicted octanol–water partition coefficient (Wildman–Crippen LogP) is 1.46. The lowest BCUT2D eigenvalue weighted by Crippen LogP contribution is -2.37. The molecule has 0 saturated carbocycles. The second-order valence-electron chi connectivity index (χ2n) is 6.92. The summed E-state index contributed by atoms with van der Waals surface area (Å²) in [5, 5.41) is 0. The fraction of sp³-hybridized carbons (Fsp3) is 0.474. The van der Waals surface area contributed by atoms with E-state index in [1.807, 2.05) is 4.90 Å². The van der Waals surface area contributed by atoms with Gasteiger partial charge >= 0.3 is 0 Å². The SMILES string of the molecule is CN(C)CCCN(C)c1ncnc2c1CCN(C(=O)c1cccnc1)C2. The standard InChI is InChI=1S/C19H26N6O/c1-23(2)9-5-10-24(3)18-16-7-11-25(13-17(16)21-14-22-18)19(26)15-6-4-8-20-12-15/h4,6,8,12,14H,5,7,9-11,13H2,1-3H3. The Balaban J connectivity index is 1.71. The van der Waals surface area contributed by atoms with Crippen LogP contribution in [0.2, 0.25) is 0 Å². The molecule has 0 bridgehead atoms. The summed E-state index contributed by atoms with van der Waals surface area (Å²) in [6, 6.07) is 3.59. The molecule has 7 heteroatoms. The Hall–Kier alpha value is -2.54. The average molecular weight is 354 g/mol. The number of carbonyl (C=O) groups is 1. The highest BCUT2D eigenvalue weighted by atomic mass is 16.2. The van der Waals surface area contributed by atoms with E-state index in [1.165, 1.54) is 0 Å². The van der Waals surface area contributed by atoms with Gasteiger partial charge in [0.1, 0.15) is 12.1 Å². The van der Waals surface area contributed by atoms with E-state index >= 15 is 0 Å². The maximum absolute atomic E-state index is 12.7. The normalized spacial score (nSPS) is 13.6. The van der Waals surface area contributed by atoms with Crippen LogP contribution in [-0.4, -0.2) is 71.4 Å². The number of amides is 1. The van der Waals surface area contributed by atoms with Crippen molar-refractivity contribution in [1.29, 1.82) is 0 Å². The number of pyridine rings is 1. The average Bonchev–Trinajstić information content (AvgIpc) is 2.66. The van der Waals surface area contributed by atoms with Crippen molar-refractivity contribution in [2.45, 2.75) is 19.4 Å². The van der Waals surface area contributed by atoms with Crippen LogP contribution >= 0.6 is 0 Å². The molecule has 0 radical (unpaired) electrons. The van der Waals surface area contributed by atoms with Gasteiger partial charge in [-0.2, -0.15) is 0 Å². The van der Waals surface area contributed by atoms with Crippen LogP contribution < -0.4 is 4.90 Å². The minimum Gasteiger partial charge on any atom is -0.359 e. The van der Waals surface area contributed by atoms with Crippen molar-refractivity contribution in [3.63, 3.8) is 0 Å². The summed E-state index contributed by atoms with van der Waals surface area (Å²) < 4.78 is 0. The minimum absolute atomic E-state index is 0.00301. The third kappa shape index (κ3) is 4.16. The van der Waals surface area contributed by atoms with Crippen LogP contribution in [0.15, 0.2) is 30.9 Å². The monoisotopic (exact) mass is 354 g/mol. The zero-order valence-corrected chi connectivity index (χ0v) is 15.7. The Morgan fingerprint density at radius 2 is 2.08 bits per heavy atom. The van der Waals surface area contributed by atoms with Gasteiger partial charge in [-0.15, -0.1) is 0 Å². The summed E-state index contributed by atoms with van der Waals surface area (Å²) in [6.45, 7) is 3.18. The van der Waals surface area contributed by atoms with Gasteiger partial charge in [0.05, 0.1) is 17.8 Å². The lowest BCUT2D eigenvalue weighted by molar-refractivity contribution is 0.0731. The van der Waals surface area contributed by atoms with E-state index in [-0.39, 0.29) is 5.91 Å². The molecule has 0 saturated heterocycles. The van der Waals surface area contributed by atoms with Crippen LogP contribution in [0, 0.1) is 0 Å². The number of carbonyl (C=O) groups excluding carboxylic acids is 1. The van der Waals surface area contributed by atoms with Crippen molar-refractivity contribution in [2.75, 3.05) is 45.7 Å². The molecule has 1 aliphatic rings. The number of hydrogen-bond donors (Lipinski definition) is 0. The summed E-state index contributed by atoms with van der Waals surface area (Å²) in [5.74, 6) is 0.991. The van der Waals surface area contributed by atoms with Gasteiger partial charge in [0.15, 0.2) is 0 Å². The van der Waals surface area contributed by atoms with Crippen LogP contribution in [0.4, 0.5) is 5.82 Å². The van der Waals surface area contributed by atoms with Gasteiger partial charge in [-0.25, -0.2) is 9.97 Å². The number of aromatic nitrogens is 3. The van der Waals surface area contributed by atoms with Crippen LogP contribution in [0.5, 0.6) is 0 Å². The first kappa shape index (κ1) is 18.3. The lowest BCUT2D eigenvalue weighted by Gasteiger charge is -2.31. The van der Waals surface area contributed by atoms with Crippen molar-refractivity contribution in [1.82, 2.24) is 24.8 Å². The minimum atomic E-state index is 0.00301. The molecule has 0 aliphatic carbocycles. The van der Waals surface area contributed by atoms with Gasteiger partial charge in [-0.05, 0) is 45.6 Å². The largest absolute Gasteiger partial charge is 0.359 e. The first-order valence-electron chi connectivity index (χ1n) is 8.94. The van der Waals surface area contributed by atoms with Crippen molar-refractivity contribution in [3.8, 4) is 0 Å². The maximum atomic E-state index is 12.7. The highest BCUT2D eigenvalue weighted by Gasteiger charge is 2.26. The Labute approximate surface area is 154 Å². The molecule has 0 spiro atoms. The third-order valence-corrected chi connectivity index (χ3v) is 4.64. The quantitative estimate of drug-likeness (QED) is 0.782. The van der Waals surface area contributed by atoms with Crippen LogP contribution in [-0.2, 0) is 13.0 Å². The summed E-state index contributed by atoms with van der Waals surface area (Å²) in [4.78, 5) is 31.9. The molecule has 0 unspecified atom stereocenters. The molecule has 0 N–H and O–H groups in total. The predicted molar refractivity (Wildman–Crippen MR) is 101 cm³/mol. The number of anilines is 1. The van der Waals surface area contributed by atoms with Gasteiger partial charge in [0, 0.05) is 38.1 Å². The van der Waals surface area contributed by atoms with Crippen molar-refractivity contribution in [2.24, 2.45) is 0 Å². The van der Waals surface area contributed by atoms with E-state index in [0.29, 0.717) is 18.7 Å². The van der Waals surface area contributed by atoms with E-state index in [1.54, 1.807) is 30.9 Å². The Bertz CT molecular complexity index is 749. The van der Waals surface area contributed by atoms with Crippen LogP contribution in [0.3, 0.4) is 0 Å². The zero-order chi connectivity index (χ0) is 18.5. The van der Waals surface area contributed by atoms with Gasteiger partial charge in [0.25, 0.3) is 5.91 Å². The first-order valence-corrected chi connectivity index (χ1v) is 8.94. The fourth-order valence-corrected chi connectivity index (χ4v) is 3.24. The van der Waals surface area contributed by atoms with Crippen molar-refractivity contribution in [3.05, 3.63) is 47.7 Å². The summed E-state index contributed by atoms with van der Waals surface area (Å²) >= 11 is 0. The number of rotatable bonds is 6. The van der Waals surface area contributed by atoms with E-state index in [9.17, 15) is 4.79 Å². The number of hydrogen-bond acceptors (Lipinski definition) is 6. The van der Waals surface area contributed by atoms with Crippen molar-refractivity contribution >= 4 is 11.7 Å². The van der Waals surface area contributed by atoms with Gasteiger partial charge < -0.3 is 14.7 Å². The molecular formula is C19H26N6O. The molecule has 3 rings (SSSR count). The third-order valence-electron chi connectivity index (χ3n) is 4.64. The van der Waals surface area contributed by atoms with E-state index in [0.717, 1.165) is 43.0 Å². The van der Waals surface area contributed by atoms with E-state index in [2.05, 4.69) is 45.9 Å². The highest BCUT2D eigenvalue weighted by molar-refractivity contribution is 5.94. The Kier molecular flexibility index (Phi) is 5.78. The number of nitrogens with zero attached hydrogens (tertiary/aromatic N) is 6. The van der Waals surface area contributed by atoms with Gasteiger partial charge in [0.2, 0.25) is 0 Å². The number of fused-ring (bicyclic) bond motifs is 1. The Morgan fingerprint density at radius 1 is 1.23 bits per heavy atom. The van der Waals surface area contributed by atoms with Crippen LogP contribution in [0.1, 0.15) is 28.0 Å². The maximum Gasteiger partial charge on any atom is 0.255 e. The van der Waals surface area contributed by atoms with E-state index in [4.69, 9.17) is 0 Å². The molecule has 26 heavy (non-hydrogen) atoms. The van der Waals surface area contributed by atoms with Crippen molar-refractivity contribution < 1.29 is 4.79 Å². The first-order chi connectivity index (χ1) is 12.6. The zero-order valence-electron chi connectivity index (χ0n) is 15.7. The molecular weight excluding hydrogens is 328 g/mol. The molecule has 1 aliphatic heterocycles. The Morgan fingerprint density at radius 3 is 2.81 bits per heavy atom. The van der Waals surface area contributed by atoms with E-state index < -0.39 is 0 Å². The molecule has 7 nitrogen and oxygen atoms in total. The molecule has 3 heterocycles. The molecule has 0 aromatic carbocycles. The summed E-state index contributed by atoms with van der Waals surface area (Å²) in [5.41, 5.74) is 2.72. The second kappa shape index (κ2) is 8.23. The van der Waals surface area contributed by atoms with Gasteiger partial charge in [-0.1, -0.05) is 0 Å². The second-order valence-corrected chi connectivity index (χ2v) is 6.92. The molecule has 138 valence electrons. The van der Waals surface area contributed by atoms with Gasteiger partial charge in [-0.3, -0.25) is 9.78 Å². The molecule has 2 aromatic heterocycles. The molecule has 2 aromatic rings. The fourth-order valence-electron chi connectivity index (χ4n) is 3.24. The molecule has 1 amide bonds. The smallest absolute Gasteiger partial charge is 0.255 e. The molecule has 0 fully saturated rings. The summed E-state index contributed by atoms with van der Waals surface area (Å²) in [6.07, 6.45) is 6.74. The summed E-state index contributed by atoms with van der Waals surface area (Å²) in [7, 11) is 6.24. The molecule has 0 atom stereocenters. The lowest BCUT2D eigenvalue weighted by atomic mass is 10.0. The topological polar surface area (TPSA) is 65.5 Å². The highest BCUT2D eigenvalue weighted by Crippen LogP contribution is 2.25.